The normalized spacial score (nSPS) is 24.5. The summed E-state index contributed by atoms with van der Waals surface area (Å²) in [5, 5.41) is 0. The highest BCUT2D eigenvalue weighted by Crippen LogP contribution is 2.70. The quantitative estimate of drug-likeness (QED) is 0.179. The van der Waals surface area contributed by atoms with E-state index < -0.39 is 34.0 Å². The number of unbranched alkanes of at least 4 members (excludes halogenated alkanes) is 6. The number of carbonyl (C=O) groups excluding carboxylic acids is 4. The Morgan fingerprint density at radius 2 is 0.850 bits per heavy atom. The third-order valence-electron chi connectivity index (χ3n) is 9.26. The smallest absolute Gasteiger partial charge is 0.226 e. The molecule has 0 radical (unpaired) electrons. The molecule has 1 aromatic carbocycles. The van der Waals surface area contributed by atoms with Crippen LogP contribution in [0.2, 0.25) is 0 Å². The first kappa shape index (κ1) is 28.0. The number of benzene rings is 1. The van der Waals surface area contributed by atoms with Crippen molar-refractivity contribution in [3.8, 4) is 11.5 Å². The van der Waals surface area contributed by atoms with Crippen molar-refractivity contribution in [3.63, 3.8) is 0 Å². The summed E-state index contributed by atoms with van der Waals surface area (Å²) >= 11 is 0. The Labute approximate surface area is 236 Å². The van der Waals surface area contributed by atoms with E-state index in [1.54, 1.807) is 14.2 Å². The minimum Gasteiger partial charge on any atom is -0.493 e. The van der Waals surface area contributed by atoms with Crippen molar-refractivity contribution in [1.29, 1.82) is 0 Å². The molecule has 0 N–H and O–H groups in total. The average molecular weight is 543 g/mol. The highest BCUT2D eigenvalue weighted by atomic mass is 16.5. The van der Waals surface area contributed by atoms with Gasteiger partial charge >= 0.3 is 0 Å². The fourth-order valence-corrected chi connectivity index (χ4v) is 7.43. The predicted molar refractivity (Wildman–Crippen MR) is 153 cm³/mol. The summed E-state index contributed by atoms with van der Waals surface area (Å²) in [5.74, 6) is -1.06. The molecule has 40 heavy (non-hydrogen) atoms. The summed E-state index contributed by atoms with van der Waals surface area (Å²) in [6.45, 7) is 4.31. The van der Waals surface area contributed by atoms with Crippen LogP contribution in [-0.4, -0.2) is 37.4 Å². The van der Waals surface area contributed by atoms with E-state index in [2.05, 4.69) is 13.8 Å². The number of hydrogen-bond acceptors (Lipinski definition) is 6. The largest absolute Gasteiger partial charge is 0.493 e. The molecule has 0 amide bonds. The van der Waals surface area contributed by atoms with Crippen molar-refractivity contribution < 1.29 is 28.7 Å². The second-order valence-corrected chi connectivity index (χ2v) is 11.4. The van der Waals surface area contributed by atoms with Gasteiger partial charge in [0.05, 0.1) is 14.2 Å². The minimum absolute atomic E-state index is 0.549. The van der Waals surface area contributed by atoms with Crippen molar-refractivity contribution in [2.45, 2.75) is 88.9 Å². The standard InChI is InChI=1S/C34H38O6/c1-5-7-9-11-13-33-21-15-27(35)29(37)17-23(21)34(14-12-10-8-6-2,24-18-30(38)28(36)16-22(24)33)26-20-32(40-4)31(39-3)19-25(26)33/h15-20H,5-14H2,1-4H3. The molecule has 0 atom stereocenters. The second kappa shape index (κ2) is 10.8. The molecule has 6 nitrogen and oxygen atoms in total. The molecule has 1 saturated carbocycles. The fraction of sp³-hybridized carbons (Fsp3) is 0.471. The lowest BCUT2D eigenvalue weighted by molar-refractivity contribution is -0.131. The van der Waals surface area contributed by atoms with Gasteiger partial charge in [-0.05, 0) is 82.7 Å². The topological polar surface area (TPSA) is 86.7 Å². The summed E-state index contributed by atoms with van der Waals surface area (Å²) in [5.41, 5.74) is 3.35. The van der Waals surface area contributed by atoms with Gasteiger partial charge in [-0.15, -0.1) is 0 Å². The number of ketones is 4. The second-order valence-electron chi connectivity index (χ2n) is 11.4. The Bertz CT molecular complexity index is 1250. The van der Waals surface area contributed by atoms with Crippen LogP contribution < -0.4 is 9.47 Å². The zero-order valence-corrected chi connectivity index (χ0v) is 24.0. The van der Waals surface area contributed by atoms with Gasteiger partial charge in [-0.25, -0.2) is 0 Å². The van der Waals surface area contributed by atoms with E-state index in [0.717, 1.165) is 84.8 Å². The average Bonchev–Trinajstić information content (AvgIpc) is 2.95. The monoisotopic (exact) mass is 542 g/mol. The lowest BCUT2D eigenvalue weighted by Gasteiger charge is -2.61. The minimum atomic E-state index is -0.863. The Hall–Kier alpha value is -3.54. The van der Waals surface area contributed by atoms with E-state index in [1.807, 2.05) is 12.1 Å². The third kappa shape index (κ3) is 3.98. The van der Waals surface area contributed by atoms with E-state index in [9.17, 15) is 19.2 Å². The van der Waals surface area contributed by atoms with E-state index in [1.165, 1.54) is 24.3 Å². The van der Waals surface area contributed by atoms with Crippen molar-refractivity contribution in [1.82, 2.24) is 0 Å². The van der Waals surface area contributed by atoms with Crippen LogP contribution in [0.1, 0.15) is 89.2 Å². The fourth-order valence-electron chi connectivity index (χ4n) is 7.43. The van der Waals surface area contributed by atoms with E-state index >= 15 is 0 Å². The predicted octanol–water partition coefficient (Wildman–Crippen LogP) is 6.16. The molecule has 6 heteroatoms. The highest BCUT2D eigenvalue weighted by molar-refractivity contribution is 6.48. The van der Waals surface area contributed by atoms with Gasteiger partial charge in [-0.1, -0.05) is 65.2 Å². The van der Waals surface area contributed by atoms with Crippen LogP contribution in [-0.2, 0) is 30.0 Å². The van der Waals surface area contributed by atoms with Crippen LogP contribution in [0.25, 0.3) is 0 Å². The molecule has 1 fully saturated rings. The van der Waals surface area contributed by atoms with Crippen molar-refractivity contribution in [2.75, 3.05) is 14.2 Å². The molecule has 0 unspecified atom stereocenters. The number of ether oxygens (including phenoxy) is 2. The van der Waals surface area contributed by atoms with Crippen molar-refractivity contribution in [2.24, 2.45) is 0 Å². The number of methoxy groups -OCH3 is 2. The van der Waals surface area contributed by atoms with Crippen LogP contribution >= 0.6 is 0 Å². The number of rotatable bonds is 12. The summed E-state index contributed by atoms with van der Waals surface area (Å²) in [6, 6.07) is 3.98. The van der Waals surface area contributed by atoms with Crippen LogP contribution in [0.4, 0.5) is 0 Å². The van der Waals surface area contributed by atoms with Crippen LogP contribution in [0.5, 0.6) is 11.5 Å². The zero-order valence-electron chi connectivity index (χ0n) is 24.0. The third-order valence-corrected chi connectivity index (χ3v) is 9.26. The van der Waals surface area contributed by atoms with Crippen LogP contribution in [0.15, 0.2) is 58.7 Å². The molecule has 0 heterocycles. The molecule has 5 aliphatic rings. The molecule has 2 bridgehead atoms. The van der Waals surface area contributed by atoms with E-state index in [-0.39, 0.29) is 0 Å². The molecule has 0 spiro atoms. The first-order valence-corrected chi connectivity index (χ1v) is 14.6. The van der Waals surface area contributed by atoms with E-state index in [4.69, 9.17) is 9.47 Å². The summed E-state index contributed by atoms with van der Waals surface area (Å²) < 4.78 is 11.5. The van der Waals surface area contributed by atoms with Crippen molar-refractivity contribution >= 4 is 23.1 Å². The van der Waals surface area contributed by atoms with Crippen LogP contribution in [0.3, 0.4) is 0 Å². The van der Waals surface area contributed by atoms with Gasteiger partial charge in [-0.2, -0.15) is 0 Å². The molecule has 0 aliphatic heterocycles. The Kier molecular flexibility index (Phi) is 7.56. The molecule has 0 aromatic heterocycles. The molecule has 210 valence electrons. The zero-order chi connectivity index (χ0) is 28.7. The molecular formula is C34H38O6. The first-order chi connectivity index (χ1) is 19.3. The van der Waals surface area contributed by atoms with Gasteiger partial charge in [0.2, 0.25) is 23.1 Å². The SMILES string of the molecule is CCCCCCC12C3=CC(=O)C(=O)C=C3C(CCCCCC)(C3=CC(=O)C(=O)C=C31)c1cc(OC)c(OC)cc12. The number of carbonyl (C=O) groups is 4. The maximum absolute atomic E-state index is 13.0. The number of allylic oxidation sites excluding steroid dienone is 8. The maximum atomic E-state index is 13.0. The lowest BCUT2D eigenvalue weighted by atomic mass is 9.40. The van der Waals surface area contributed by atoms with Gasteiger partial charge in [0, 0.05) is 10.8 Å². The summed E-state index contributed by atoms with van der Waals surface area (Å²) in [7, 11) is 3.20. The van der Waals surface area contributed by atoms with Gasteiger partial charge < -0.3 is 9.47 Å². The van der Waals surface area contributed by atoms with Crippen LogP contribution in [0, 0.1) is 0 Å². The first-order valence-electron chi connectivity index (χ1n) is 14.6. The van der Waals surface area contributed by atoms with E-state index in [0.29, 0.717) is 24.3 Å². The molecule has 0 saturated heterocycles. The maximum Gasteiger partial charge on any atom is 0.226 e. The summed E-state index contributed by atoms with van der Waals surface area (Å²) in [4.78, 5) is 52.0. The van der Waals surface area contributed by atoms with Gasteiger partial charge in [-0.3, -0.25) is 19.2 Å². The van der Waals surface area contributed by atoms with Crippen molar-refractivity contribution in [3.05, 3.63) is 69.9 Å². The molecule has 5 aliphatic carbocycles. The number of hydrogen-bond donors (Lipinski definition) is 0. The Morgan fingerprint density at radius 1 is 0.525 bits per heavy atom. The summed E-state index contributed by atoms with van der Waals surface area (Å²) in [6.07, 6.45) is 15.3. The highest BCUT2D eigenvalue weighted by Gasteiger charge is 2.64. The molecule has 6 rings (SSSR count). The van der Waals surface area contributed by atoms with Gasteiger partial charge in [0.1, 0.15) is 0 Å². The van der Waals surface area contributed by atoms with Gasteiger partial charge in [0.25, 0.3) is 0 Å². The lowest BCUT2D eigenvalue weighted by Crippen LogP contribution is -2.56. The Morgan fingerprint density at radius 3 is 1.12 bits per heavy atom. The Balaban J connectivity index is 1.89. The molecule has 1 aromatic rings. The molecular weight excluding hydrogens is 504 g/mol. The van der Waals surface area contributed by atoms with Gasteiger partial charge in [0.15, 0.2) is 11.5 Å².